The fourth-order valence-corrected chi connectivity index (χ4v) is 2.63. The van der Waals surface area contributed by atoms with Crippen LogP contribution in [0, 0.1) is 0 Å². The van der Waals surface area contributed by atoms with Crippen molar-refractivity contribution in [1.82, 2.24) is 10.6 Å². The Labute approximate surface area is 151 Å². The van der Waals surface area contributed by atoms with Gasteiger partial charge in [0.05, 0.1) is 18.8 Å². The van der Waals surface area contributed by atoms with Crippen molar-refractivity contribution in [2.24, 2.45) is 0 Å². The van der Waals surface area contributed by atoms with Gasteiger partial charge in [-0.1, -0.05) is 6.07 Å². The summed E-state index contributed by atoms with van der Waals surface area (Å²) in [5.41, 5.74) is -1.41. The molecule has 146 valence electrons. The maximum atomic E-state index is 13.4. The lowest BCUT2D eigenvalue weighted by Crippen LogP contribution is -2.44. The number of carbonyl (C=O) groups excluding carboxylic acids is 1. The quantitative estimate of drug-likeness (QED) is 0.832. The zero-order valence-corrected chi connectivity index (χ0v) is 15.2. The van der Waals surface area contributed by atoms with Gasteiger partial charge in [-0.05, 0) is 38.5 Å². The van der Waals surface area contributed by atoms with E-state index < -0.39 is 17.3 Å². The van der Waals surface area contributed by atoms with E-state index in [2.05, 4.69) is 10.6 Å². The van der Waals surface area contributed by atoms with Crippen molar-refractivity contribution in [2.45, 2.75) is 51.6 Å². The van der Waals surface area contributed by atoms with E-state index in [9.17, 15) is 18.0 Å². The number of hydrogen-bond donors (Lipinski definition) is 2. The first kappa shape index (κ1) is 20.5. The highest BCUT2D eigenvalue weighted by Crippen LogP contribution is 2.35. The van der Waals surface area contributed by atoms with E-state index in [1.165, 1.54) is 12.1 Å². The van der Waals surface area contributed by atoms with Crippen LogP contribution >= 0.6 is 0 Å². The third-order valence-electron chi connectivity index (χ3n) is 3.72. The number of ether oxygens (including phenoxy) is 2. The average Bonchev–Trinajstić information content (AvgIpc) is 2.52. The number of benzene rings is 1. The van der Waals surface area contributed by atoms with Crippen LogP contribution in [0.5, 0.6) is 5.75 Å². The van der Waals surface area contributed by atoms with Crippen molar-refractivity contribution in [2.75, 3.05) is 19.8 Å². The summed E-state index contributed by atoms with van der Waals surface area (Å²) in [5, 5.41) is 5.68. The highest BCUT2D eigenvalue weighted by Gasteiger charge is 2.34. The van der Waals surface area contributed by atoms with Gasteiger partial charge in [0, 0.05) is 25.6 Å². The van der Waals surface area contributed by atoms with Crippen molar-refractivity contribution < 1.29 is 27.4 Å². The lowest BCUT2D eigenvalue weighted by Gasteiger charge is -2.24. The van der Waals surface area contributed by atoms with Crippen molar-refractivity contribution in [1.29, 1.82) is 0 Å². The van der Waals surface area contributed by atoms with Gasteiger partial charge in [0.2, 0.25) is 5.91 Å². The van der Waals surface area contributed by atoms with E-state index in [-0.39, 0.29) is 36.2 Å². The molecule has 0 spiro atoms. The van der Waals surface area contributed by atoms with Crippen molar-refractivity contribution in [3.63, 3.8) is 0 Å². The third kappa shape index (κ3) is 6.49. The summed E-state index contributed by atoms with van der Waals surface area (Å²) in [7, 11) is 0. The van der Waals surface area contributed by atoms with Crippen LogP contribution in [-0.2, 0) is 22.3 Å². The Balaban J connectivity index is 2.04. The van der Waals surface area contributed by atoms with Gasteiger partial charge < -0.3 is 20.1 Å². The number of carbonyl (C=O) groups is 1. The van der Waals surface area contributed by atoms with Crippen LogP contribution in [-0.4, -0.2) is 37.3 Å². The fraction of sp³-hybridized carbons (Fsp3) is 0.611. The van der Waals surface area contributed by atoms with E-state index in [1.807, 2.05) is 0 Å². The van der Waals surface area contributed by atoms with Crippen LogP contribution in [0.1, 0.15) is 38.3 Å². The molecule has 26 heavy (non-hydrogen) atoms. The van der Waals surface area contributed by atoms with Gasteiger partial charge in [-0.2, -0.15) is 13.2 Å². The Hall–Kier alpha value is -1.80. The molecular formula is C18H25F3N2O3. The molecule has 2 rings (SSSR count). The second-order valence-corrected chi connectivity index (χ2v) is 7.24. The van der Waals surface area contributed by atoms with Gasteiger partial charge in [-0.3, -0.25) is 4.79 Å². The summed E-state index contributed by atoms with van der Waals surface area (Å²) < 4.78 is 50.9. The van der Waals surface area contributed by atoms with Crippen molar-refractivity contribution >= 4 is 5.91 Å². The van der Waals surface area contributed by atoms with Crippen LogP contribution in [0.3, 0.4) is 0 Å². The zero-order chi connectivity index (χ0) is 19.4. The Bertz CT molecular complexity index is 621. The summed E-state index contributed by atoms with van der Waals surface area (Å²) >= 11 is 0. The summed E-state index contributed by atoms with van der Waals surface area (Å²) in [6, 6.07) is 3.68. The molecule has 1 aromatic carbocycles. The first-order valence-electron chi connectivity index (χ1n) is 8.51. The smallest absolute Gasteiger partial charge is 0.416 e. The molecule has 0 saturated carbocycles. The normalized spacial score (nSPS) is 18.5. The Morgan fingerprint density at radius 3 is 2.65 bits per heavy atom. The number of halogens is 3. The van der Waals surface area contributed by atoms with Crippen LogP contribution < -0.4 is 15.4 Å². The van der Waals surface area contributed by atoms with Gasteiger partial charge in [0.1, 0.15) is 11.4 Å². The molecule has 1 fully saturated rings. The number of amides is 1. The lowest BCUT2D eigenvalue weighted by molar-refractivity contribution is -0.138. The first-order valence-corrected chi connectivity index (χ1v) is 8.51. The Kier molecular flexibility index (Phi) is 6.52. The van der Waals surface area contributed by atoms with Crippen LogP contribution in [0.15, 0.2) is 18.2 Å². The molecule has 1 unspecified atom stereocenters. The number of alkyl halides is 3. The molecule has 0 bridgehead atoms. The molecule has 0 aromatic heterocycles. The topological polar surface area (TPSA) is 59.6 Å². The van der Waals surface area contributed by atoms with Gasteiger partial charge >= 0.3 is 6.18 Å². The first-order chi connectivity index (χ1) is 12.0. The summed E-state index contributed by atoms with van der Waals surface area (Å²) in [4.78, 5) is 12.0. The van der Waals surface area contributed by atoms with Crippen molar-refractivity contribution in [3.8, 4) is 5.75 Å². The van der Waals surface area contributed by atoms with Gasteiger partial charge in [0.25, 0.3) is 0 Å². The molecule has 1 aliphatic heterocycles. The van der Waals surface area contributed by atoms with Crippen molar-refractivity contribution in [3.05, 3.63) is 29.3 Å². The minimum absolute atomic E-state index is 0.0000347. The summed E-state index contributed by atoms with van der Waals surface area (Å²) in [6.45, 7) is 6.75. The molecule has 0 radical (unpaired) electrons. The zero-order valence-electron chi connectivity index (χ0n) is 15.2. The minimum Gasteiger partial charge on any atom is -0.488 e. The number of morpholine rings is 1. The SMILES string of the molecule is CC(C)(C)Oc1ccc(CNC(=O)CC2COCCN2)c(C(F)(F)F)c1. The molecule has 1 atom stereocenters. The van der Waals surface area contributed by atoms with Gasteiger partial charge in [0.15, 0.2) is 0 Å². The molecule has 1 heterocycles. The molecule has 8 heteroatoms. The largest absolute Gasteiger partial charge is 0.488 e. The second kappa shape index (κ2) is 8.26. The van der Waals surface area contributed by atoms with E-state index in [1.54, 1.807) is 20.8 Å². The third-order valence-corrected chi connectivity index (χ3v) is 3.72. The molecule has 1 saturated heterocycles. The van der Waals surface area contributed by atoms with Crippen LogP contribution in [0.4, 0.5) is 13.2 Å². The minimum atomic E-state index is -4.53. The highest BCUT2D eigenvalue weighted by atomic mass is 19.4. The number of rotatable bonds is 5. The molecule has 2 N–H and O–H groups in total. The Morgan fingerprint density at radius 1 is 1.35 bits per heavy atom. The average molecular weight is 374 g/mol. The molecule has 5 nitrogen and oxygen atoms in total. The predicted molar refractivity (Wildman–Crippen MR) is 90.9 cm³/mol. The van der Waals surface area contributed by atoms with Gasteiger partial charge in [-0.25, -0.2) is 0 Å². The van der Waals surface area contributed by atoms with Crippen LogP contribution in [0.25, 0.3) is 0 Å². The number of nitrogens with one attached hydrogen (secondary N) is 2. The predicted octanol–water partition coefficient (Wildman–Crippen LogP) is 2.88. The maximum absolute atomic E-state index is 13.4. The second-order valence-electron chi connectivity index (χ2n) is 7.24. The van der Waals surface area contributed by atoms with E-state index in [0.717, 1.165) is 6.07 Å². The highest BCUT2D eigenvalue weighted by molar-refractivity contribution is 5.76. The van der Waals surface area contributed by atoms with E-state index >= 15 is 0 Å². The monoisotopic (exact) mass is 374 g/mol. The summed E-state index contributed by atoms with van der Waals surface area (Å²) in [6.07, 6.45) is -4.37. The van der Waals surface area contributed by atoms with E-state index in [4.69, 9.17) is 9.47 Å². The molecule has 0 aliphatic carbocycles. The molecule has 1 aromatic rings. The summed E-state index contributed by atoms with van der Waals surface area (Å²) in [5.74, 6) is -0.181. The fourth-order valence-electron chi connectivity index (χ4n) is 2.63. The van der Waals surface area contributed by atoms with E-state index in [0.29, 0.717) is 19.8 Å². The Morgan fingerprint density at radius 2 is 2.08 bits per heavy atom. The molecule has 1 amide bonds. The molecular weight excluding hydrogens is 349 g/mol. The van der Waals surface area contributed by atoms with Gasteiger partial charge in [-0.15, -0.1) is 0 Å². The molecule has 1 aliphatic rings. The van der Waals surface area contributed by atoms with Crippen LogP contribution in [0.2, 0.25) is 0 Å². The standard InChI is InChI=1S/C18H25F3N2O3/c1-17(2,3)26-14-5-4-12(15(9-14)18(19,20)21)10-23-16(24)8-13-11-25-7-6-22-13/h4-5,9,13,22H,6-8,10-11H2,1-3H3,(H,23,24). The maximum Gasteiger partial charge on any atom is 0.416 e. The number of hydrogen-bond acceptors (Lipinski definition) is 4. The lowest BCUT2D eigenvalue weighted by atomic mass is 10.1.